The molecule has 1 aromatic carbocycles. The van der Waals surface area contributed by atoms with Crippen LogP contribution < -0.4 is 15.8 Å². The topological polar surface area (TPSA) is 111 Å². The number of carbonyl (C=O) groups is 1. The fourth-order valence-electron chi connectivity index (χ4n) is 1.59. The molecule has 0 spiro atoms. The highest BCUT2D eigenvalue weighted by Gasteiger charge is 2.09. The predicted octanol–water partition coefficient (Wildman–Crippen LogP) is 0.341. The zero-order chi connectivity index (χ0) is 15.2. The van der Waals surface area contributed by atoms with Crippen molar-refractivity contribution in [3.63, 3.8) is 0 Å². The molecule has 1 amide bonds. The number of methoxy groups -OCH3 is 1. The number of nitrogens with two attached hydrogens (primary N) is 1. The average Bonchev–Trinajstić information content (AvgIpc) is 2.42. The Bertz CT molecular complexity index is 542. The highest BCUT2D eigenvalue weighted by atomic mass is 32.2. The molecule has 4 N–H and O–H groups in total. The molecule has 1 atom stereocenters. The lowest BCUT2D eigenvalue weighted by Gasteiger charge is -2.14. The Kier molecular flexibility index (Phi) is 5.93. The standard InChI is InChI=1S/C12H19N3O4S/c1-9(14-7-8-15-12(16)19-2)10-3-5-11(6-4-10)20(13,17)18/h3-6,9,14H,7-8H2,1-2H3,(H,15,16)(H2,13,17,18). The van der Waals surface area contributed by atoms with E-state index < -0.39 is 16.1 Å². The molecule has 0 radical (unpaired) electrons. The summed E-state index contributed by atoms with van der Waals surface area (Å²) in [6.45, 7) is 2.93. The van der Waals surface area contributed by atoms with Crippen LogP contribution in [0.25, 0.3) is 0 Å². The average molecular weight is 301 g/mol. The van der Waals surface area contributed by atoms with Gasteiger partial charge in [-0.25, -0.2) is 18.4 Å². The molecule has 0 fully saturated rings. The summed E-state index contributed by atoms with van der Waals surface area (Å²) in [7, 11) is -2.36. The maximum absolute atomic E-state index is 11.1. The minimum Gasteiger partial charge on any atom is -0.453 e. The molecule has 1 aromatic rings. The largest absolute Gasteiger partial charge is 0.453 e. The number of ether oxygens (including phenoxy) is 1. The number of hydrogen-bond acceptors (Lipinski definition) is 5. The van der Waals surface area contributed by atoms with Gasteiger partial charge in [0.25, 0.3) is 0 Å². The first-order valence-electron chi connectivity index (χ1n) is 6.02. The lowest BCUT2D eigenvalue weighted by Crippen LogP contribution is -2.32. The van der Waals surface area contributed by atoms with Gasteiger partial charge in [-0.1, -0.05) is 12.1 Å². The Morgan fingerprint density at radius 2 is 1.90 bits per heavy atom. The number of sulfonamides is 1. The van der Waals surface area contributed by atoms with Crippen LogP contribution in [0, 0.1) is 0 Å². The van der Waals surface area contributed by atoms with Crippen molar-refractivity contribution in [3.05, 3.63) is 29.8 Å². The number of carbonyl (C=O) groups excluding carboxylic acids is 1. The summed E-state index contributed by atoms with van der Waals surface area (Å²) in [5.41, 5.74) is 0.926. The number of amides is 1. The van der Waals surface area contributed by atoms with E-state index in [1.54, 1.807) is 12.1 Å². The Hall–Kier alpha value is -1.64. The van der Waals surface area contributed by atoms with E-state index in [1.165, 1.54) is 19.2 Å². The molecule has 0 bridgehead atoms. The zero-order valence-electron chi connectivity index (χ0n) is 11.4. The van der Waals surface area contributed by atoms with Crippen molar-refractivity contribution in [2.75, 3.05) is 20.2 Å². The van der Waals surface area contributed by atoms with E-state index in [0.29, 0.717) is 13.1 Å². The van der Waals surface area contributed by atoms with E-state index in [9.17, 15) is 13.2 Å². The highest BCUT2D eigenvalue weighted by Crippen LogP contribution is 2.15. The van der Waals surface area contributed by atoms with Crippen LogP contribution in [0.15, 0.2) is 29.2 Å². The van der Waals surface area contributed by atoms with Gasteiger partial charge in [-0.15, -0.1) is 0 Å². The van der Waals surface area contributed by atoms with Crippen LogP contribution in [-0.2, 0) is 14.8 Å². The van der Waals surface area contributed by atoms with Crippen molar-refractivity contribution in [1.29, 1.82) is 0 Å². The highest BCUT2D eigenvalue weighted by molar-refractivity contribution is 7.89. The first-order valence-corrected chi connectivity index (χ1v) is 7.57. The molecule has 0 saturated heterocycles. The van der Waals surface area contributed by atoms with Crippen LogP contribution in [0.1, 0.15) is 18.5 Å². The van der Waals surface area contributed by atoms with E-state index in [2.05, 4.69) is 15.4 Å². The summed E-state index contributed by atoms with van der Waals surface area (Å²) in [5.74, 6) is 0. The van der Waals surface area contributed by atoms with Crippen LogP contribution in [0.5, 0.6) is 0 Å². The second kappa shape index (κ2) is 7.22. The SMILES string of the molecule is COC(=O)NCCNC(C)c1ccc(S(N)(=O)=O)cc1. The maximum Gasteiger partial charge on any atom is 0.406 e. The number of nitrogens with one attached hydrogen (secondary N) is 2. The molecular weight excluding hydrogens is 282 g/mol. The number of rotatable bonds is 6. The molecule has 0 aliphatic rings. The van der Waals surface area contributed by atoms with E-state index in [0.717, 1.165) is 5.56 Å². The van der Waals surface area contributed by atoms with Crippen LogP contribution in [0.2, 0.25) is 0 Å². The van der Waals surface area contributed by atoms with Crippen molar-refractivity contribution in [1.82, 2.24) is 10.6 Å². The van der Waals surface area contributed by atoms with Gasteiger partial charge in [0.05, 0.1) is 12.0 Å². The third-order valence-electron chi connectivity index (χ3n) is 2.74. The molecule has 0 heterocycles. The number of hydrogen-bond donors (Lipinski definition) is 3. The minimum atomic E-state index is -3.66. The maximum atomic E-state index is 11.1. The van der Waals surface area contributed by atoms with Gasteiger partial charge in [0, 0.05) is 19.1 Å². The van der Waals surface area contributed by atoms with Gasteiger partial charge in [-0.2, -0.15) is 0 Å². The third kappa shape index (κ3) is 5.16. The quantitative estimate of drug-likeness (QED) is 0.656. The summed E-state index contributed by atoms with van der Waals surface area (Å²) in [4.78, 5) is 10.9. The molecule has 7 nitrogen and oxygen atoms in total. The van der Waals surface area contributed by atoms with Gasteiger partial charge in [0.2, 0.25) is 10.0 Å². The molecule has 0 aromatic heterocycles. The van der Waals surface area contributed by atoms with E-state index in [4.69, 9.17) is 5.14 Å². The van der Waals surface area contributed by atoms with Gasteiger partial charge >= 0.3 is 6.09 Å². The van der Waals surface area contributed by atoms with Gasteiger partial charge < -0.3 is 15.4 Å². The van der Waals surface area contributed by atoms with Crippen molar-refractivity contribution >= 4 is 16.1 Å². The van der Waals surface area contributed by atoms with Crippen molar-refractivity contribution in [2.24, 2.45) is 5.14 Å². The van der Waals surface area contributed by atoms with E-state index >= 15 is 0 Å². The summed E-state index contributed by atoms with van der Waals surface area (Å²) in [6.07, 6.45) is -0.475. The fourth-order valence-corrected chi connectivity index (χ4v) is 2.10. The first kappa shape index (κ1) is 16.4. The Morgan fingerprint density at radius 3 is 2.40 bits per heavy atom. The lowest BCUT2D eigenvalue weighted by molar-refractivity contribution is 0.171. The number of alkyl carbamates (subject to hydrolysis) is 1. The Labute approximate surface area is 118 Å². The summed E-state index contributed by atoms with van der Waals surface area (Å²) in [6, 6.07) is 6.35. The molecule has 0 aliphatic heterocycles. The molecule has 1 unspecified atom stereocenters. The third-order valence-corrected chi connectivity index (χ3v) is 3.67. The first-order chi connectivity index (χ1) is 9.34. The molecule has 0 saturated carbocycles. The summed E-state index contributed by atoms with van der Waals surface area (Å²) < 4.78 is 26.7. The predicted molar refractivity (Wildman–Crippen MR) is 74.6 cm³/mol. The second-order valence-corrected chi connectivity index (χ2v) is 5.77. The van der Waals surface area contributed by atoms with Crippen molar-refractivity contribution in [3.8, 4) is 0 Å². The summed E-state index contributed by atoms with van der Waals surface area (Å²) >= 11 is 0. The van der Waals surface area contributed by atoms with Gasteiger partial charge in [0.15, 0.2) is 0 Å². The zero-order valence-corrected chi connectivity index (χ0v) is 12.2. The molecule has 8 heteroatoms. The molecule has 1 rings (SSSR count). The molecular formula is C12H19N3O4S. The Balaban J connectivity index is 2.48. The molecule has 20 heavy (non-hydrogen) atoms. The van der Waals surface area contributed by atoms with Gasteiger partial charge in [-0.05, 0) is 24.6 Å². The number of benzene rings is 1. The normalized spacial score (nSPS) is 12.8. The van der Waals surface area contributed by atoms with Crippen LogP contribution in [0.3, 0.4) is 0 Å². The smallest absolute Gasteiger partial charge is 0.406 e. The second-order valence-electron chi connectivity index (χ2n) is 4.21. The Morgan fingerprint density at radius 1 is 1.30 bits per heavy atom. The van der Waals surface area contributed by atoms with Crippen LogP contribution >= 0.6 is 0 Å². The monoisotopic (exact) mass is 301 g/mol. The van der Waals surface area contributed by atoms with Gasteiger partial charge in [-0.3, -0.25) is 0 Å². The lowest BCUT2D eigenvalue weighted by atomic mass is 10.1. The summed E-state index contributed by atoms with van der Waals surface area (Å²) in [5, 5.41) is 10.8. The minimum absolute atomic E-state index is 0.0176. The van der Waals surface area contributed by atoms with Crippen molar-refractivity contribution < 1.29 is 17.9 Å². The van der Waals surface area contributed by atoms with E-state index in [-0.39, 0.29) is 10.9 Å². The van der Waals surface area contributed by atoms with Crippen LogP contribution in [0.4, 0.5) is 4.79 Å². The van der Waals surface area contributed by atoms with Crippen LogP contribution in [-0.4, -0.2) is 34.7 Å². The van der Waals surface area contributed by atoms with Gasteiger partial charge in [0.1, 0.15) is 0 Å². The fraction of sp³-hybridized carbons (Fsp3) is 0.417. The molecule has 0 aliphatic carbocycles. The molecule has 112 valence electrons. The van der Waals surface area contributed by atoms with Crippen molar-refractivity contribution in [2.45, 2.75) is 17.9 Å². The van der Waals surface area contributed by atoms with E-state index in [1.807, 2.05) is 6.92 Å². The number of primary sulfonamides is 1.